The summed E-state index contributed by atoms with van der Waals surface area (Å²) in [6.45, 7) is 3.98. The first kappa shape index (κ1) is 21.7. The Morgan fingerprint density at radius 3 is 2.27 bits per heavy atom. The van der Waals surface area contributed by atoms with E-state index < -0.39 is 15.8 Å². The molecule has 0 aliphatic carbocycles. The molecule has 0 bridgehead atoms. The van der Waals surface area contributed by atoms with Crippen molar-refractivity contribution in [3.8, 4) is 17.3 Å². The number of nitrogens with one attached hydrogen (secondary N) is 1. The Bertz CT molecular complexity index is 1210. The van der Waals surface area contributed by atoms with Crippen LogP contribution in [0.25, 0.3) is 11.3 Å². The molecule has 3 N–H and O–H groups in total. The molecule has 30 heavy (non-hydrogen) atoms. The van der Waals surface area contributed by atoms with E-state index in [-0.39, 0.29) is 21.5 Å². The predicted molar refractivity (Wildman–Crippen MR) is 114 cm³/mol. The van der Waals surface area contributed by atoms with Crippen LogP contribution in [0.1, 0.15) is 19.4 Å². The summed E-state index contributed by atoms with van der Waals surface area (Å²) < 4.78 is 36.2. The topological polar surface area (TPSA) is 122 Å². The number of anilines is 2. The standard InChI is InChI=1S/C20H18FN5O2S2/c1-12(2)29-20-25-18(13-3-5-14(21)6-4-13)17(11-22)19(26-20)24-15-7-9-16(10-8-15)30(23,27)28/h3-10,12H,1-2H3,(H2,23,27,28)(H,24,25,26). The molecule has 0 atom stereocenters. The van der Waals surface area contributed by atoms with Crippen LogP contribution in [0.5, 0.6) is 0 Å². The summed E-state index contributed by atoms with van der Waals surface area (Å²) in [5.41, 5.74) is 1.65. The van der Waals surface area contributed by atoms with Crippen LogP contribution in [0.2, 0.25) is 0 Å². The smallest absolute Gasteiger partial charge is 0.238 e. The molecule has 3 rings (SSSR count). The highest BCUT2D eigenvalue weighted by Crippen LogP contribution is 2.32. The first-order valence-electron chi connectivity index (χ1n) is 8.82. The Kier molecular flexibility index (Phi) is 6.36. The molecule has 10 heteroatoms. The van der Waals surface area contributed by atoms with E-state index in [2.05, 4.69) is 21.4 Å². The highest BCUT2D eigenvalue weighted by molar-refractivity contribution is 7.99. The van der Waals surface area contributed by atoms with E-state index >= 15 is 0 Å². The molecule has 0 saturated carbocycles. The Balaban J connectivity index is 2.09. The number of hydrogen-bond acceptors (Lipinski definition) is 7. The largest absolute Gasteiger partial charge is 0.339 e. The molecule has 0 unspecified atom stereocenters. The highest BCUT2D eigenvalue weighted by atomic mass is 32.2. The monoisotopic (exact) mass is 443 g/mol. The molecule has 0 aliphatic heterocycles. The zero-order valence-electron chi connectivity index (χ0n) is 16.1. The molecule has 0 fully saturated rings. The highest BCUT2D eigenvalue weighted by Gasteiger charge is 2.18. The third-order valence-corrected chi connectivity index (χ3v) is 5.70. The van der Waals surface area contributed by atoms with Gasteiger partial charge in [-0.05, 0) is 48.5 Å². The van der Waals surface area contributed by atoms with Gasteiger partial charge in [0.05, 0.1) is 10.6 Å². The van der Waals surface area contributed by atoms with Crippen molar-refractivity contribution in [2.45, 2.75) is 29.1 Å². The quantitative estimate of drug-likeness (QED) is 0.435. The van der Waals surface area contributed by atoms with Crippen molar-refractivity contribution < 1.29 is 12.8 Å². The van der Waals surface area contributed by atoms with E-state index in [1.807, 2.05) is 13.8 Å². The number of nitrogens with zero attached hydrogens (tertiary/aromatic N) is 3. The molecular weight excluding hydrogens is 425 g/mol. The van der Waals surface area contributed by atoms with Gasteiger partial charge in [0.1, 0.15) is 17.4 Å². The summed E-state index contributed by atoms with van der Waals surface area (Å²) in [6, 6.07) is 13.6. The van der Waals surface area contributed by atoms with Gasteiger partial charge in [-0.15, -0.1) is 0 Å². The number of primary sulfonamides is 1. The molecule has 0 saturated heterocycles. The van der Waals surface area contributed by atoms with Gasteiger partial charge in [0.15, 0.2) is 11.0 Å². The second-order valence-corrected chi connectivity index (χ2v) is 9.66. The second kappa shape index (κ2) is 8.79. The number of aromatic nitrogens is 2. The molecule has 3 aromatic rings. The summed E-state index contributed by atoms with van der Waals surface area (Å²) in [4.78, 5) is 8.93. The minimum absolute atomic E-state index is 0.0284. The van der Waals surface area contributed by atoms with Crippen LogP contribution in [-0.4, -0.2) is 23.6 Å². The van der Waals surface area contributed by atoms with Crippen molar-refractivity contribution in [1.29, 1.82) is 5.26 Å². The normalized spacial score (nSPS) is 11.3. The fourth-order valence-electron chi connectivity index (χ4n) is 2.58. The van der Waals surface area contributed by atoms with Gasteiger partial charge in [0, 0.05) is 16.5 Å². The molecule has 2 aromatic carbocycles. The zero-order valence-corrected chi connectivity index (χ0v) is 17.8. The van der Waals surface area contributed by atoms with E-state index in [0.717, 1.165) is 0 Å². The molecule has 0 amide bonds. The lowest BCUT2D eigenvalue weighted by atomic mass is 10.1. The van der Waals surface area contributed by atoms with Gasteiger partial charge < -0.3 is 5.32 Å². The Labute approximate surface area is 178 Å². The van der Waals surface area contributed by atoms with Gasteiger partial charge >= 0.3 is 0 Å². The van der Waals surface area contributed by atoms with Crippen LogP contribution in [-0.2, 0) is 10.0 Å². The SMILES string of the molecule is CC(C)Sc1nc(Nc2ccc(S(N)(=O)=O)cc2)c(C#N)c(-c2ccc(F)cc2)n1. The van der Waals surface area contributed by atoms with Gasteiger partial charge in [-0.3, -0.25) is 0 Å². The lowest BCUT2D eigenvalue weighted by Crippen LogP contribution is -2.12. The average Bonchev–Trinajstić information content (AvgIpc) is 2.67. The molecule has 1 aromatic heterocycles. The Morgan fingerprint density at radius 2 is 1.73 bits per heavy atom. The van der Waals surface area contributed by atoms with Crippen LogP contribution in [0.4, 0.5) is 15.9 Å². The van der Waals surface area contributed by atoms with E-state index in [0.29, 0.717) is 22.1 Å². The number of rotatable bonds is 6. The third-order valence-electron chi connectivity index (χ3n) is 3.90. The van der Waals surface area contributed by atoms with Gasteiger partial charge in [-0.2, -0.15) is 5.26 Å². The number of hydrogen-bond donors (Lipinski definition) is 2. The predicted octanol–water partition coefficient (Wildman–Crippen LogP) is 4.05. The van der Waals surface area contributed by atoms with Crippen LogP contribution in [0.15, 0.2) is 58.6 Å². The van der Waals surface area contributed by atoms with Crippen LogP contribution in [0, 0.1) is 17.1 Å². The molecule has 7 nitrogen and oxygen atoms in total. The molecule has 1 heterocycles. The Hall–Kier alpha value is -3.00. The molecule has 0 aliphatic rings. The first-order valence-corrected chi connectivity index (χ1v) is 11.2. The summed E-state index contributed by atoms with van der Waals surface area (Å²) in [7, 11) is -3.81. The van der Waals surface area contributed by atoms with Crippen molar-refractivity contribution in [3.63, 3.8) is 0 Å². The van der Waals surface area contributed by atoms with Crippen molar-refractivity contribution in [3.05, 3.63) is 59.9 Å². The fraction of sp³-hybridized carbons (Fsp3) is 0.150. The Morgan fingerprint density at radius 1 is 1.10 bits per heavy atom. The minimum Gasteiger partial charge on any atom is -0.339 e. The average molecular weight is 444 g/mol. The number of thioether (sulfide) groups is 1. The minimum atomic E-state index is -3.81. The van der Waals surface area contributed by atoms with Gasteiger partial charge in [-0.1, -0.05) is 25.6 Å². The van der Waals surface area contributed by atoms with E-state index in [9.17, 15) is 18.1 Å². The van der Waals surface area contributed by atoms with Gasteiger partial charge in [0.2, 0.25) is 10.0 Å². The van der Waals surface area contributed by atoms with E-state index in [4.69, 9.17) is 5.14 Å². The maximum Gasteiger partial charge on any atom is 0.238 e. The summed E-state index contributed by atoms with van der Waals surface area (Å²) in [5.74, 6) is -0.130. The maximum atomic E-state index is 13.4. The molecule has 0 spiro atoms. The van der Waals surface area contributed by atoms with Crippen molar-refractivity contribution in [1.82, 2.24) is 9.97 Å². The number of benzene rings is 2. The second-order valence-electron chi connectivity index (χ2n) is 6.56. The van der Waals surface area contributed by atoms with Crippen molar-refractivity contribution >= 4 is 33.3 Å². The van der Waals surface area contributed by atoms with Crippen LogP contribution >= 0.6 is 11.8 Å². The number of nitriles is 1. The third kappa shape index (κ3) is 5.13. The summed E-state index contributed by atoms with van der Waals surface area (Å²) in [5, 5.41) is 18.6. The van der Waals surface area contributed by atoms with Crippen LogP contribution in [0.3, 0.4) is 0 Å². The maximum absolute atomic E-state index is 13.4. The lowest BCUT2D eigenvalue weighted by molar-refractivity contribution is 0.598. The van der Waals surface area contributed by atoms with Gasteiger partial charge in [-0.25, -0.2) is 27.9 Å². The number of sulfonamides is 1. The molecule has 154 valence electrons. The van der Waals surface area contributed by atoms with E-state index in [1.165, 1.54) is 48.2 Å². The molecular formula is C20H18FN5O2S2. The lowest BCUT2D eigenvalue weighted by Gasteiger charge is -2.14. The number of halogens is 1. The van der Waals surface area contributed by atoms with E-state index in [1.54, 1.807) is 12.1 Å². The summed E-state index contributed by atoms with van der Waals surface area (Å²) >= 11 is 1.42. The number of nitrogens with two attached hydrogens (primary N) is 1. The zero-order chi connectivity index (χ0) is 21.9. The van der Waals surface area contributed by atoms with Gasteiger partial charge in [0.25, 0.3) is 0 Å². The first-order chi connectivity index (χ1) is 14.2. The summed E-state index contributed by atoms with van der Waals surface area (Å²) in [6.07, 6.45) is 0. The fourth-order valence-corrected chi connectivity index (χ4v) is 3.81. The van der Waals surface area contributed by atoms with Crippen molar-refractivity contribution in [2.24, 2.45) is 5.14 Å². The van der Waals surface area contributed by atoms with Crippen molar-refractivity contribution in [2.75, 3.05) is 5.32 Å². The van der Waals surface area contributed by atoms with Crippen LogP contribution < -0.4 is 10.5 Å². The molecule has 0 radical (unpaired) electrons.